The second kappa shape index (κ2) is 3.22. The van der Waals surface area contributed by atoms with Gasteiger partial charge >= 0.3 is 0 Å². The quantitative estimate of drug-likeness (QED) is 0.693. The molecular formula is C9H12N2O2. The first kappa shape index (κ1) is 8.31. The lowest BCUT2D eigenvalue weighted by molar-refractivity contribution is 0.0540. The summed E-state index contributed by atoms with van der Waals surface area (Å²) in [6.07, 6.45) is 3.50. The SMILES string of the molecule is Nc1cccn(C2CCCO2)c1=O. The van der Waals surface area contributed by atoms with Gasteiger partial charge in [-0.2, -0.15) is 0 Å². The Morgan fingerprint density at radius 2 is 2.46 bits per heavy atom. The van der Waals surface area contributed by atoms with Gasteiger partial charge in [0.05, 0.1) is 5.69 Å². The van der Waals surface area contributed by atoms with Gasteiger partial charge in [-0.25, -0.2) is 0 Å². The Bertz CT molecular complexity index is 353. The van der Waals surface area contributed by atoms with Crippen LogP contribution in [0, 0.1) is 0 Å². The topological polar surface area (TPSA) is 57.2 Å². The molecule has 0 bridgehead atoms. The molecule has 0 radical (unpaired) electrons. The summed E-state index contributed by atoms with van der Waals surface area (Å²) in [5.41, 5.74) is 5.62. The average molecular weight is 180 g/mol. The minimum Gasteiger partial charge on any atom is -0.394 e. The molecule has 1 fully saturated rings. The fourth-order valence-corrected chi connectivity index (χ4v) is 1.53. The standard InChI is InChI=1S/C9H12N2O2/c10-7-3-1-5-11(9(7)12)8-4-2-6-13-8/h1,3,5,8H,2,4,6,10H2. The highest BCUT2D eigenvalue weighted by Crippen LogP contribution is 2.20. The van der Waals surface area contributed by atoms with Gasteiger partial charge in [-0.3, -0.25) is 9.36 Å². The van der Waals surface area contributed by atoms with E-state index in [4.69, 9.17) is 10.5 Å². The van der Waals surface area contributed by atoms with Crippen molar-refractivity contribution in [3.05, 3.63) is 28.7 Å². The lowest BCUT2D eigenvalue weighted by Gasteiger charge is -2.12. The van der Waals surface area contributed by atoms with Crippen molar-refractivity contribution in [2.24, 2.45) is 0 Å². The summed E-state index contributed by atoms with van der Waals surface area (Å²) in [5.74, 6) is 0. The zero-order valence-electron chi connectivity index (χ0n) is 7.27. The predicted molar refractivity (Wildman–Crippen MR) is 49.3 cm³/mol. The van der Waals surface area contributed by atoms with Crippen molar-refractivity contribution in [1.29, 1.82) is 0 Å². The third kappa shape index (κ3) is 1.45. The van der Waals surface area contributed by atoms with E-state index in [1.165, 1.54) is 0 Å². The van der Waals surface area contributed by atoms with Crippen LogP contribution in [-0.2, 0) is 4.74 Å². The van der Waals surface area contributed by atoms with Crippen molar-refractivity contribution in [2.45, 2.75) is 19.1 Å². The second-order valence-electron chi connectivity index (χ2n) is 3.14. The third-order valence-corrected chi connectivity index (χ3v) is 2.22. The van der Waals surface area contributed by atoms with Crippen molar-refractivity contribution in [2.75, 3.05) is 12.3 Å². The number of hydrogen-bond donors (Lipinski definition) is 1. The van der Waals surface area contributed by atoms with Gasteiger partial charge in [0.15, 0.2) is 0 Å². The summed E-state index contributed by atoms with van der Waals surface area (Å²) < 4.78 is 6.94. The van der Waals surface area contributed by atoms with Crippen molar-refractivity contribution in [3.63, 3.8) is 0 Å². The van der Waals surface area contributed by atoms with Gasteiger partial charge in [-0.05, 0) is 25.0 Å². The van der Waals surface area contributed by atoms with Crippen LogP contribution in [0.2, 0.25) is 0 Å². The Morgan fingerprint density at radius 1 is 1.62 bits per heavy atom. The molecule has 0 spiro atoms. The minimum atomic E-state index is -0.158. The Kier molecular flexibility index (Phi) is 2.06. The molecular weight excluding hydrogens is 168 g/mol. The molecule has 1 atom stereocenters. The molecule has 1 aromatic rings. The molecule has 2 heterocycles. The molecule has 4 nitrogen and oxygen atoms in total. The van der Waals surface area contributed by atoms with Gasteiger partial charge in [0, 0.05) is 12.8 Å². The summed E-state index contributed by atoms with van der Waals surface area (Å²) in [4.78, 5) is 11.5. The maximum Gasteiger partial charge on any atom is 0.275 e. The molecule has 0 aliphatic carbocycles. The van der Waals surface area contributed by atoms with Gasteiger partial charge in [-0.15, -0.1) is 0 Å². The fourth-order valence-electron chi connectivity index (χ4n) is 1.53. The Morgan fingerprint density at radius 3 is 3.15 bits per heavy atom. The van der Waals surface area contributed by atoms with Crippen LogP contribution in [0.15, 0.2) is 23.1 Å². The molecule has 1 aliphatic rings. The number of ether oxygens (including phenoxy) is 1. The summed E-state index contributed by atoms with van der Waals surface area (Å²) in [7, 11) is 0. The number of nitrogens with two attached hydrogens (primary N) is 1. The molecule has 0 aromatic carbocycles. The second-order valence-corrected chi connectivity index (χ2v) is 3.14. The fraction of sp³-hybridized carbons (Fsp3) is 0.444. The molecule has 4 heteroatoms. The molecule has 0 amide bonds. The van der Waals surface area contributed by atoms with Crippen LogP contribution in [0.25, 0.3) is 0 Å². The molecule has 0 saturated carbocycles. The van der Waals surface area contributed by atoms with E-state index < -0.39 is 0 Å². The van der Waals surface area contributed by atoms with Crippen LogP contribution in [0.5, 0.6) is 0 Å². The first-order chi connectivity index (χ1) is 6.29. The minimum absolute atomic E-state index is 0.115. The van der Waals surface area contributed by atoms with Crippen LogP contribution >= 0.6 is 0 Å². The predicted octanol–water partition coefficient (Wildman–Crippen LogP) is 0.740. The normalized spacial score (nSPS) is 22.0. The maximum absolute atomic E-state index is 11.5. The van der Waals surface area contributed by atoms with Gasteiger partial charge in [0.2, 0.25) is 0 Å². The molecule has 70 valence electrons. The van der Waals surface area contributed by atoms with E-state index in [9.17, 15) is 4.79 Å². The van der Waals surface area contributed by atoms with E-state index >= 15 is 0 Å². The number of pyridine rings is 1. The molecule has 1 aromatic heterocycles. The van der Waals surface area contributed by atoms with Crippen LogP contribution in [-0.4, -0.2) is 11.2 Å². The first-order valence-electron chi connectivity index (χ1n) is 4.37. The van der Waals surface area contributed by atoms with E-state index in [-0.39, 0.29) is 17.5 Å². The number of nitrogen functional groups attached to an aromatic ring is 1. The van der Waals surface area contributed by atoms with Gasteiger partial charge in [0.1, 0.15) is 6.23 Å². The van der Waals surface area contributed by atoms with Crippen LogP contribution in [0.3, 0.4) is 0 Å². The average Bonchev–Trinajstić information content (AvgIpc) is 2.62. The number of rotatable bonds is 1. The summed E-state index contributed by atoms with van der Waals surface area (Å²) >= 11 is 0. The van der Waals surface area contributed by atoms with Crippen molar-refractivity contribution < 1.29 is 4.74 Å². The summed E-state index contributed by atoms with van der Waals surface area (Å²) in [5, 5.41) is 0. The Balaban J connectivity index is 2.39. The molecule has 2 rings (SSSR count). The lowest BCUT2D eigenvalue weighted by Crippen LogP contribution is -2.25. The lowest BCUT2D eigenvalue weighted by atomic mass is 10.3. The Labute approximate surface area is 75.9 Å². The summed E-state index contributed by atoms with van der Waals surface area (Å²) in [6, 6.07) is 3.37. The van der Waals surface area contributed by atoms with E-state index in [0.29, 0.717) is 0 Å². The van der Waals surface area contributed by atoms with E-state index in [1.807, 2.05) is 0 Å². The molecule has 1 unspecified atom stereocenters. The number of nitrogens with zero attached hydrogens (tertiary/aromatic N) is 1. The summed E-state index contributed by atoms with van der Waals surface area (Å²) in [6.45, 7) is 0.728. The van der Waals surface area contributed by atoms with Gasteiger partial charge in [-0.1, -0.05) is 0 Å². The maximum atomic E-state index is 11.5. The zero-order chi connectivity index (χ0) is 9.26. The Hall–Kier alpha value is -1.29. The number of anilines is 1. The number of aromatic nitrogens is 1. The van der Waals surface area contributed by atoms with Crippen LogP contribution in [0.4, 0.5) is 5.69 Å². The highest BCUT2D eigenvalue weighted by Gasteiger charge is 2.18. The number of hydrogen-bond acceptors (Lipinski definition) is 3. The van der Waals surface area contributed by atoms with Crippen molar-refractivity contribution in [3.8, 4) is 0 Å². The van der Waals surface area contributed by atoms with E-state index in [0.717, 1.165) is 19.4 Å². The van der Waals surface area contributed by atoms with Crippen LogP contribution in [0.1, 0.15) is 19.1 Å². The van der Waals surface area contributed by atoms with Crippen molar-refractivity contribution in [1.82, 2.24) is 4.57 Å². The molecule has 13 heavy (non-hydrogen) atoms. The molecule has 1 saturated heterocycles. The highest BCUT2D eigenvalue weighted by molar-refractivity contribution is 5.33. The van der Waals surface area contributed by atoms with E-state index in [2.05, 4.69) is 0 Å². The third-order valence-electron chi connectivity index (χ3n) is 2.22. The van der Waals surface area contributed by atoms with Crippen LogP contribution < -0.4 is 11.3 Å². The van der Waals surface area contributed by atoms with Gasteiger partial charge in [0.25, 0.3) is 5.56 Å². The molecule has 2 N–H and O–H groups in total. The van der Waals surface area contributed by atoms with E-state index in [1.54, 1.807) is 22.9 Å². The first-order valence-corrected chi connectivity index (χ1v) is 4.37. The van der Waals surface area contributed by atoms with Crippen molar-refractivity contribution >= 4 is 5.69 Å². The van der Waals surface area contributed by atoms with Gasteiger partial charge < -0.3 is 10.5 Å². The molecule has 1 aliphatic heterocycles. The highest BCUT2D eigenvalue weighted by atomic mass is 16.5. The smallest absolute Gasteiger partial charge is 0.275 e. The monoisotopic (exact) mass is 180 g/mol. The zero-order valence-corrected chi connectivity index (χ0v) is 7.27. The largest absolute Gasteiger partial charge is 0.394 e.